The van der Waals surface area contributed by atoms with Gasteiger partial charge >= 0.3 is 29.9 Å². The van der Waals surface area contributed by atoms with Crippen LogP contribution in [0.15, 0.2) is 0 Å². The van der Waals surface area contributed by atoms with Gasteiger partial charge in [-0.1, -0.05) is 6.92 Å². The van der Waals surface area contributed by atoms with E-state index in [2.05, 4.69) is 0 Å². The van der Waals surface area contributed by atoms with E-state index >= 15 is 0 Å². The van der Waals surface area contributed by atoms with Crippen LogP contribution in [-0.4, -0.2) is 29.9 Å². The second-order valence-electron chi connectivity index (χ2n) is 3.53. The minimum atomic E-state index is -6.97. The van der Waals surface area contributed by atoms with Crippen molar-refractivity contribution in [2.75, 3.05) is 0 Å². The zero-order valence-electron chi connectivity index (χ0n) is 8.61. The number of rotatable bonds is 4. The molecule has 0 amide bonds. The van der Waals surface area contributed by atoms with Gasteiger partial charge in [-0.25, -0.2) is 0 Å². The van der Waals surface area contributed by atoms with Crippen molar-refractivity contribution in [1.29, 1.82) is 0 Å². The Balaban J connectivity index is 5.78. The first kappa shape index (κ1) is 19.5. The predicted molar refractivity (Wildman–Crippen MR) is 53.6 cm³/mol. The molecule has 13 heteroatoms. The summed E-state index contributed by atoms with van der Waals surface area (Å²) in [6.07, 6.45) is -6.88. The molecule has 0 spiro atoms. The molecule has 0 saturated carbocycles. The van der Waals surface area contributed by atoms with Crippen LogP contribution >= 0.6 is 33.2 Å². The van der Waals surface area contributed by atoms with Crippen molar-refractivity contribution in [2.24, 2.45) is 0 Å². The van der Waals surface area contributed by atoms with Gasteiger partial charge < -0.3 is 0 Å². The molecule has 0 heterocycles. The Labute approximate surface area is 115 Å². The van der Waals surface area contributed by atoms with E-state index in [9.17, 15) is 39.5 Å². The first-order valence-corrected chi connectivity index (χ1v) is 9.29. The van der Waals surface area contributed by atoms with Crippen LogP contribution in [0.4, 0.5) is 39.5 Å². The molecule has 19 heavy (non-hydrogen) atoms. The van der Waals surface area contributed by atoms with Crippen LogP contribution in [0.3, 0.4) is 0 Å². The second kappa shape index (κ2) is 5.02. The molecule has 0 aliphatic carbocycles. The van der Waals surface area contributed by atoms with Gasteiger partial charge in [0.15, 0.2) is 0 Å². The van der Waals surface area contributed by atoms with Gasteiger partial charge in [0.25, 0.3) is 0 Å². The molecular formula is C6H4Cl3F9Si. The maximum Gasteiger partial charge on any atom is 0.460 e. The van der Waals surface area contributed by atoms with E-state index in [0.29, 0.717) is 0 Å². The Hall–Kier alpha value is 0.457. The van der Waals surface area contributed by atoms with Crippen molar-refractivity contribution in [3.05, 3.63) is 0 Å². The molecule has 0 N–H and O–H groups in total. The van der Waals surface area contributed by atoms with Gasteiger partial charge in [0, 0.05) is 0 Å². The van der Waals surface area contributed by atoms with Crippen molar-refractivity contribution >= 4 is 39.2 Å². The SMILES string of the molecule is CC(C(F)(F)C(F)(F)C(F)(F)C(F)(F)F)[Si](Cl)(Cl)Cl. The van der Waals surface area contributed by atoms with Gasteiger partial charge in [-0.15, -0.1) is 33.2 Å². The highest BCUT2D eigenvalue weighted by molar-refractivity contribution is 7.65. The fraction of sp³-hybridized carbons (Fsp3) is 1.00. The molecule has 0 aliphatic heterocycles. The summed E-state index contributed by atoms with van der Waals surface area (Å²) in [4.78, 5) is 0. The maximum absolute atomic E-state index is 13.2. The van der Waals surface area contributed by atoms with E-state index in [0.717, 1.165) is 0 Å². The van der Waals surface area contributed by atoms with Crippen molar-refractivity contribution in [3.8, 4) is 0 Å². The second-order valence-corrected chi connectivity index (χ2v) is 12.6. The summed E-state index contributed by atoms with van der Waals surface area (Å²) in [5.41, 5.74) is -2.96. The summed E-state index contributed by atoms with van der Waals surface area (Å²) < 4.78 is 112. The fourth-order valence-corrected chi connectivity index (χ4v) is 2.69. The molecule has 0 radical (unpaired) electrons. The van der Waals surface area contributed by atoms with Crippen molar-refractivity contribution in [1.82, 2.24) is 0 Å². The average molecular weight is 382 g/mol. The highest BCUT2D eigenvalue weighted by Crippen LogP contribution is 2.59. The standard InChI is InChI=1S/C6H4Cl3F9Si/c1-2(19(7,8)9)3(10,11)4(12,13)5(14,15)6(16,17)18/h2H,1H3. The lowest BCUT2D eigenvalue weighted by Gasteiger charge is -2.37. The monoisotopic (exact) mass is 380 g/mol. The fourth-order valence-electron chi connectivity index (χ4n) is 0.865. The van der Waals surface area contributed by atoms with E-state index < -0.39 is 35.5 Å². The molecule has 0 bridgehead atoms. The third kappa shape index (κ3) is 3.21. The summed E-state index contributed by atoms with van der Waals surface area (Å²) in [7, 11) is 0. The lowest BCUT2D eigenvalue weighted by molar-refractivity contribution is -0.396. The molecule has 1 unspecified atom stereocenters. The Kier molecular flexibility index (Phi) is 5.15. The highest BCUT2D eigenvalue weighted by atomic mass is 35.8. The third-order valence-electron chi connectivity index (χ3n) is 2.20. The van der Waals surface area contributed by atoms with Crippen molar-refractivity contribution in [3.63, 3.8) is 0 Å². The Morgan fingerprint density at radius 3 is 1.26 bits per heavy atom. The molecule has 0 aliphatic rings. The Morgan fingerprint density at radius 1 is 0.737 bits per heavy atom. The molecule has 0 fully saturated rings. The summed E-state index contributed by atoms with van der Waals surface area (Å²) in [6, 6.07) is -4.66. The van der Waals surface area contributed by atoms with Crippen LogP contribution in [0.2, 0.25) is 5.54 Å². The van der Waals surface area contributed by atoms with E-state index in [1.54, 1.807) is 0 Å². The summed E-state index contributed by atoms with van der Waals surface area (Å²) >= 11 is 14.9. The third-order valence-corrected chi connectivity index (χ3v) is 6.49. The van der Waals surface area contributed by atoms with Gasteiger partial charge in [0.1, 0.15) is 0 Å². The van der Waals surface area contributed by atoms with Gasteiger partial charge in [-0.3, -0.25) is 0 Å². The molecule has 0 nitrogen and oxygen atoms in total. The number of hydrogen-bond acceptors (Lipinski definition) is 0. The predicted octanol–water partition coefficient (Wildman–Crippen LogP) is 5.50. The van der Waals surface area contributed by atoms with Crippen molar-refractivity contribution < 1.29 is 39.5 Å². The molecule has 116 valence electrons. The van der Waals surface area contributed by atoms with E-state index in [1.807, 2.05) is 0 Å². The molecular weight excluding hydrogens is 377 g/mol. The van der Waals surface area contributed by atoms with Gasteiger partial charge in [-0.2, -0.15) is 39.5 Å². The molecule has 1 atom stereocenters. The molecule has 0 aromatic rings. The minimum absolute atomic E-state index is 0.166. The largest absolute Gasteiger partial charge is 0.460 e. The number of alkyl halides is 9. The van der Waals surface area contributed by atoms with Crippen LogP contribution in [-0.2, 0) is 0 Å². The molecule has 0 aromatic heterocycles. The van der Waals surface area contributed by atoms with Crippen LogP contribution in [0.5, 0.6) is 0 Å². The van der Waals surface area contributed by atoms with Crippen molar-refractivity contribution in [2.45, 2.75) is 36.4 Å². The normalized spacial score (nSPS) is 17.5. The van der Waals surface area contributed by atoms with E-state index in [-0.39, 0.29) is 6.92 Å². The molecule has 0 aromatic carbocycles. The maximum atomic E-state index is 13.2. The molecule has 0 rings (SSSR count). The number of halogens is 12. The molecule has 0 saturated heterocycles. The number of hydrogen-bond donors (Lipinski definition) is 0. The quantitative estimate of drug-likeness (QED) is 0.343. The van der Waals surface area contributed by atoms with E-state index in [4.69, 9.17) is 33.2 Å². The van der Waals surface area contributed by atoms with Crippen LogP contribution < -0.4 is 0 Å². The zero-order valence-corrected chi connectivity index (χ0v) is 11.9. The Bertz CT molecular complexity index is 334. The lowest BCUT2D eigenvalue weighted by atomic mass is 10.0. The lowest BCUT2D eigenvalue weighted by Crippen LogP contribution is -2.63. The topological polar surface area (TPSA) is 0 Å². The highest BCUT2D eigenvalue weighted by Gasteiger charge is 2.83. The average Bonchev–Trinajstić information content (AvgIpc) is 2.12. The summed E-state index contributed by atoms with van der Waals surface area (Å²) in [5, 5.41) is 0. The first-order chi connectivity index (χ1) is 7.90. The summed E-state index contributed by atoms with van der Waals surface area (Å²) in [5.74, 6) is -19.6. The Morgan fingerprint density at radius 2 is 1.05 bits per heavy atom. The smallest absolute Gasteiger partial charge is 0.200 e. The minimum Gasteiger partial charge on any atom is -0.200 e. The zero-order chi connectivity index (χ0) is 16.1. The van der Waals surface area contributed by atoms with Gasteiger partial charge in [-0.05, 0) is 0 Å². The van der Waals surface area contributed by atoms with Crippen LogP contribution in [0.1, 0.15) is 6.92 Å². The summed E-state index contributed by atoms with van der Waals surface area (Å²) in [6.45, 7) is 0.166. The van der Waals surface area contributed by atoms with Gasteiger partial charge in [0.05, 0.1) is 5.54 Å². The van der Waals surface area contributed by atoms with E-state index in [1.165, 1.54) is 0 Å². The van der Waals surface area contributed by atoms with Crippen LogP contribution in [0, 0.1) is 0 Å². The van der Waals surface area contributed by atoms with Gasteiger partial charge in [0.2, 0.25) is 0 Å². The van der Waals surface area contributed by atoms with Crippen LogP contribution in [0.25, 0.3) is 0 Å². The first-order valence-electron chi connectivity index (χ1n) is 4.17.